The fraction of sp³-hybridized carbons (Fsp3) is 1.00. The number of rotatable bonds is 16. The summed E-state index contributed by atoms with van der Waals surface area (Å²) < 4.78 is 5.47. The Balaban J connectivity index is 3.08. The molecule has 0 radical (unpaired) electrons. The summed E-state index contributed by atoms with van der Waals surface area (Å²) >= 11 is 0. The van der Waals surface area contributed by atoms with Gasteiger partial charge in [-0.25, -0.2) is 0 Å². The van der Waals surface area contributed by atoms with Gasteiger partial charge in [0.2, 0.25) is 0 Å². The van der Waals surface area contributed by atoms with Crippen molar-refractivity contribution >= 4 is 0 Å². The van der Waals surface area contributed by atoms with Crippen molar-refractivity contribution < 1.29 is 14.9 Å². The van der Waals surface area contributed by atoms with Crippen LogP contribution in [0.15, 0.2) is 0 Å². The Hall–Kier alpha value is -0.200. The fourth-order valence-electron chi connectivity index (χ4n) is 2.36. The second-order valence-electron chi connectivity index (χ2n) is 6.49. The Bertz CT molecular complexity index is 225. The van der Waals surface area contributed by atoms with E-state index in [4.69, 9.17) is 14.9 Å². The lowest BCUT2D eigenvalue weighted by atomic mass is 10.0. The van der Waals surface area contributed by atoms with Crippen LogP contribution in [-0.4, -0.2) is 47.9 Å². The molecule has 0 aromatic rings. The molecule has 0 amide bonds. The van der Waals surface area contributed by atoms with Gasteiger partial charge in [-0.15, -0.1) is 0 Å². The number of hydrogen-bond donors (Lipinski definition) is 2. The summed E-state index contributed by atoms with van der Waals surface area (Å²) in [5.41, 5.74) is 0. The third kappa shape index (κ3) is 17.9. The fourth-order valence-corrected chi connectivity index (χ4v) is 2.36. The van der Waals surface area contributed by atoms with E-state index >= 15 is 0 Å². The van der Waals surface area contributed by atoms with E-state index in [1.807, 2.05) is 0 Å². The highest BCUT2D eigenvalue weighted by molar-refractivity contribution is 4.57. The van der Waals surface area contributed by atoms with Crippen LogP contribution in [0.5, 0.6) is 0 Å². The van der Waals surface area contributed by atoms with E-state index in [2.05, 4.69) is 13.8 Å². The summed E-state index contributed by atoms with van der Waals surface area (Å²) in [5.74, 6) is 0.833. The van der Waals surface area contributed by atoms with Crippen molar-refractivity contribution in [1.29, 1.82) is 0 Å². The maximum Gasteiger partial charge on any atom is 0.163 e. The Morgan fingerprint density at radius 1 is 0.864 bits per heavy atom. The highest BCUT2D eigenvalue weighted by Crippen LogP contribution is 2.11. The zero-order valence-electron chi connectivity index (χ0n) is 14.5. The van der Waals surface area contributed by atoms with Crippen molar-refractivity contribution in [2.45, 2.75) is 77.9 Å². The summed E-state index contributed by atoms with van der Waals surface area (Å²) in [6, 6.07) is 0. The molecule has 0 bridgehead atoms. The summed E-state index contributed by atoms with van der Waals surface area (Å²) in [4.78, 5) is 0. The van der Waals surface area contributed by atoms with Crippen molar-refractivity contribution in [2.75, 3.05) is 26.3 Å². The Labute approximate surface area is 136 Å². The van der Waals surface area contributed by atoms with Crippen LogP contribution in [0.1, 0.15) is 71.6 Å². The molecule has 22 heavy (non-hydrogen) atoms. The lowest BCUT2D eigenvalue weighted by Crippen LogP contribution is -2.28. The van der Waals surface area contributed by atoms with Crippen molar-refractivity contribution in [2.24, 2.45) is 5.92 Å². The van der Waals surface area contributed by atoms with E-state index < -0.39 is 6.29 Å². The molecule has 0 aliphatic carbocycles. The number of aliphatic hydroxyl groups is 2. The third-order valence-corrected chi connectivity index (χ3v) is 3.63. The SMILES string of the molecule is CC(C)CCCCCCCCCOCCCN([O-])CC(O)O. The van der Waals surface area contributed by atoms with Gasteiger partial charge in [-0.05, 0) is 25.3 Å². The second-order valence-corrected chi connectivity index (χ2v) is 6.49. The predicted molar refractivity (Wildman–Crippen MR) is 90.4 cm³/mol. The van der Waals surface area contributed by atoms with Crippen LogP contribution in [0.2, 0.25) is 0 Å². The lowest BCUT2D eigenvalue weighted by molar-refractivity contribution is -0.0547. The molecule has 0 atom stereocenters. The first-order valence-electron chi connectivity index (χ1n) is 8.88. The summed E-state index contributed by atoms with van der Waals surface area (Å²) in [7, 11) is 0. The van der Waals surface area contributed by atoms with Gasteiger partial charge >= 0.3 is 0 Å². The van der Waals surface area contributed by atoms with Crippen LogP contribution in [0.25, 0.3) is 0 Å². The summed E-state index contributed by atoms with van der Waals surface area (Å²) in [6.45, 7) is 5.92. The van der Waals surface area contributed by atoms with Crippen molar-refractivity contribution in [3.05, 3.63) is 5.21 Å². The van der Waals surface area contributed by atoms with Gasteiger partial charge in [-0.1, -0.05) is 58.8 Å². The molecule has 0 saturated heterocycles. The molecule has 5 nitrogen and oxygen atoms in total. The van der Waals surface area contributed by atoms with Gasteiger partial charge in [0.25, 0.3) is 0 Å². The molecular formula is C17H36NO4-. The zero-order chi connectivity index (χ0) is 16.6. The molecular weight excluding hydrogens is 282 g/mol. The maximum absolute atomic E-state index is 11.1. The van der Waals surface area contributed by atoms with E-state index in [1.165, 1.54) is 44.9 Å². The molecule has 0 aliphatic heterocycles. The Morgan fingerprint density at radius 3 is 2.00 bits per heavy atom. The van der Waals surface area contributed by atoms with Crippen LogP contribution in [0.3, 0.4) is 0 Å². The molecule has 0 fully saturated rings. The second kappa shape index (κ2) is 15.7. The van der Waals surface area contributed by atoms with Gasteiger partial charge in [0, 0.05) is 19.8 Å². The first-order chi connectivity index (χ1) is 10.5. The van der Waals surface area contributed by atoms with E-state index in [-0.39, 0.29) is 13.1 Å². The predicted octanol–water partition coefficient (Wildman–Crippen LogP) is 3.28. The van der Waals surface area contributed by atoms with Gasteiger partial charge in [0.15, 0.2) is 6.29 Å². The van der Waals surface area contributed by atoms with E-state index in [9.17, 15) is 5.21 Å². The van der Waals surface area contributed by atoms with Crippen LogP contribution in [-0.2, 0) is 4.74 Å². The molecule has 0 heterocycles. The third-order valence-electron chi connectivity index (χ3n) is 3.63. The minimum absolute atomic E-state index is 0.253. The normalized spacial score (nSPS) is 12.0. The smallest absolute Gasteiger partial charge is 0.163 e. The average Bonchev–Trinajstić information content (AvgIpc) is 2.42. The maximum atomic E-state index is 11.1. The highest BCUT2D eigenvalue weighted by atomic mass is 16.5. The molecule has 0 aliphatic rings. The summed E-state index contributed by atoms with van der Waals surface area (Å²) in [5, 5.41) is 29.0. The van der Waals surface area contributed by atoms with Gasteiger partial charge in [0.1, 0.15) is 0 Å². The number of hydrogen-bond acceptors (Lipinski definition) is 5. The molecule has 5 heteroatoms. The number of nitrogens with zero attached hydrogens (tertiary/aromatic N) is 1. The molecule has 2 N–H and O–H groups in total. The Morgan fingerprint density at radius 2 is 1.41 bits per heavy atom. The van der Waals surface area contributed by atoms with E-state index in [0.717, 1.165) is 18.9 Å². The lowest BCUT2D eigenvalue weighted by Gasteiger charge is -2.28. The van der Waals surface area contributed by atoms with E-state index in [1.54, 1.807) is 0 Å². The molecule has 0 unspecified atom stereocenters. The molecule has 134 valence electrons. The minimum atomic E-state index is -1.55. The Kier molecular flexibility index (Phi) is 15.5. The molecule has 0 spiro atoms. The molecule has 0 rings (SSSR count). The summed E-state index contributed by atoms with van der Waals surface area (Å²) in [6.07, 6.45) is 9.43. The monoisotopic (exact) mass is 318 g/mol. The molecule has 0 saturated carbocycles. The van der Waals surface area contributed by atoms with Gasteiger partial charge < -0.3 is 25.2 Å². The number of aliphatic hydroxyl groups excluding tert-OH is 1. The standard InChI is InChI=1S/C17H36NO4/c1-16(2)11-8-6-4-3-5-7-9-13-22-14-10-12-18(21)15-17(19)20/h16-17,19-20H,3-15H2,1-2H3/q-1. The van der Waals surface area contributed by atoms with Crippen molar-refractivity contribution in [1.82, 2.24) is 5.06 Å². The quantitative estimate of drug-likeness (QED) is 0.259. The first kappa shape index (κ1) is 21.8. The van der Waals surface area contributed by atoms with Crippen LogP contribution < -0.4 is 0 Å². The highest BCUT2D eigenvalue weighted by Gasteiger charge is 1.99. The number of hydroxylamine groups is 2. The minimum Gasteiger partial charge on any atom is -0.785 e. The van der Waals surface area contributed by atoms with Crippen molar-refractivity contribution in [3.63, 3.8) is 0 Å². The van der Waals surface area contributed by atoms with Crippen molar-refractivity contribution in [3.8, 4) is 0 Å². The van der Waals surface area contributed by atoms with Crippen LogP contribution >= 0.6 is 0 Å². The topological polar surface area (TPSA) is 76.0 Å². The number of unbranched alkanes of at least 4 members (excludes halogenated alkanes) is 6. The van der Waals surface area contributed by atoms with Crippen LogP contribution in [0.4, 0.5) is 0 Å². The van der Waals surface area contributed by atoms with Gasteiger partial charge in [-0.2, -0.15) is 0 Å². The first-order valence-corrected chi connectivity index (χ1v) is 8.88. The largest absolute Gasteiger partial charge is 0.785 e. The van der Waals surface area contributed by atoms with Crippen LogP contribution in [0, 0.1) is 11.1 Å². The van der Waals surface area contributed by atoms with Gasteiger partial charge in [0.05, 0.1) is 0 Å². The van der Waals surface area contributed by atoms with Gasteiger partial charge in [-0.3, -0.25) is 0 Å². The average molecular weight is 318 g/mol. The van der Waals surface area contributed by atoms with E-state index in [0.29, 0.717) is 18.1 Å². The zero-order valence-corrected chi connectivity index (χ0v) is 14.5. The molecule has 0 aromatic carbocycles. The molecule has 0 aromatic heterocycles. The number of ether oxygens (including phenoxy) is 1.